The topological polar surface area (TPSA) is 52.5 Å². The minimum absolute atomic E-state index is 0.209. The Morgan fingerprint density at radius 2 is 1.71 bits per heavy atom. The Kier molecular flexibility index (Phi) is 6.01. The lowest BCUT2D eigenvalue weighted by Crippen LogP contribution is -2.22. The van der Waals surface area contributed by atoms with Crippen molar-refractivity contribution in [2.24, 2.45) is 0 Å². The van der Waals surface area contributed by atoms with Gasteiger partial charge < -0.3 is 15.5 Å². The van der Waals surface area contributed by atoms with E-state index < -0.39 is 6.10 Å². The minimum Gasteiger partial charge on any atom is -0.394 e. The summed E-state index contributed by atoms with van der Waals surface area (Å²) in [5.74, 6) is 0.632. The number of aliphatic hydroxyl groups is 2. The summed E-state index contributed by atoms with van der Waals surface area (Å²) < 4.78 is 0. The fourth-order valence-corrected chi connectivity index (χ4v) is 1.93. The molecule has 17 heavy (non-hydrogen) atoms. The Labute approximate surface area is 103 Å². The molecule has 1 atom stereocenters. The van der Waals surface area contributed by atoms with E-state index in [-0.39, 0.29) is 6.61 Å². The molecular weight excluding hydrogens is 214 g/mol. The predicted octanol–water partition coefficient (Wildman–Crippen LogP) is 2.36. The number of aliphatic hydroxyl groups excluding tert-OH is 2. The van der Waals surface area contributed by atoms with Crippen molar-refractivity contribution in [1.82, 2.24) is 0 Å². The van der Waals surface area contributed by atoms with Crippen LogP contribution in [0, 0.1) is 0 Å². The van der Waals surface area contributed by atoms with Gasteiger partial charge in [0.25, 0.3) is 0 Å². The van der Waals surface area contributed by atoms with E-state index in [1.807, 2.05) is 12.1 Å². The summed E-state index contributed by atoms with van der Waals surface area (Å²) in [6, 6.07) is 8.31. The van der Waals surface area contributed by atoms with Gasteiger partial charge >= 0.3 is 0 Å². The van der Waals surface area contributed by atoms with Crippen molar-refractivity contribution in [1.29, 1.82) is 0 Å². The molecule has 0 radical (unpaired) electrons. The number of rotatable bonds is 7. The van der Waals surface area contributed by atoms with Crippen LogP contribution in [0.1, 0.15) is 38.2 Å². The standard InChI is InChI=1S/C14H23NO2/c1-3-11(4-2)12-5-7-13(8-6-12)15-9-14(17)10-16/h5-8,11,14-17H,3-4,9-10H2,1-2H3. The number of benzene rings is 1. The molecule has 1 unspecified atom stereocenters. The highest BCUT2D eigenvalue weighted by molar-refractivity contribution is 5.45. The zero-order chi connectivity index (χ0) is 12.7. The van der Waals surface area contributed by atoms with Gasteiger partial charge in [-0.05, 0) is 36.5 Å². The van der Waals surface area contributed by atoms with Crippen LogP contribution in [0.5, 0.6) is 0 Å². The molecule has 0 saturated heterocycles. The molecule has 0 fully saturated rings. The van der Waals surface area contributed by atoms with E-state index in [9.17, 15) is 5.11 Å². The first-order valence-corrected chi connectivity index (χ1v) is 6.34. The van der Waals surface area contributed by atoms with Crippen LogP contribution >= 0.6 is 0 Å². The van der Waals surface area contributed by atoms with Crippen LogP contribution in [0.25, 0.3) is 0 Å². The van der Waals surface area contributed by atoms with E-state index in [1.54, 1.807) is 0 Å². The number of nitrogens with one attached hydrogen (secondary N) is 1. The van der Waals surface area contributed by atoms with Gasteiger partial charge in [0.1, 0.15) is 0 Å². The molecular formula is C14H23NO2. The van der Waals surface area contributed by atoms with E-state index >= 15 is 0 Å². The summed E-state index contributed by atoms with van der Waals surface area (Å²) in [4.78, 5) is 0. The zero-order valence-corrected chi connectivity index (χ0v) is 10.7. The molecule has 0 heterocycles. The highest BCUT2D eigenvalue weighted by atomic mass is 16.3. The summed E-state index contributed by atoms with van der Waals surface area (Å²) in [5.41, 5.74) is 2.34. The average molecular weight is 237 g/mol. The Morgan fingerprint density at radius 3 is 2.18 bits per heavy atom. The van der Waals surface area contributed by atoms with Crippen molar-refractivity contribution in [3.63, 3.8) is 0 Å². The highest BCUT2D eigenvalue weighted by Gasteiger charge is 2.06. The van der Waals surface area contributed by atoms with Gasteiger partial charge in [-0.2, -0.15) is 0 Å². The minimum atomic E-state index is -0.700. The second-order valence-corrected chi connectivity index (χ2v) is 4.35. The first-order chi connectivity index (χ1) is 8.21. The first-order valence-electron chi connectivity index (χ1n) is 6.34. The van der Waals surface area contributed by atoms with Crippen molar-refractivity contribution in [3.8, 4) is 0 Å². The monoisotopic (exact) mass is 237 g/mol. The molecule has 0 aliphatic rings. The van der Waals surface area contributed by atoms with Gasteiger partial charge in [0.2, 0.25) is 0 Å². The molecule has 3 heteroatoms. The van der Waals surface area contributed by atoms with Crippen LogP contribution in [-0.2, 0) is 0 Å². The Morgan fingerprint density at radius 1 is 1.12 bits per heavy atom. The van der Waals surface area contributed by atoms with Crippen LogP contribution in [0.15, 0.2) is 24.3 Å². The molecule has 0 amide bonds. The molecule has 1 rings (SSSR count). The van der Waals surface area contributed by atoms with Gasteiger partial charge in [-0.25, -0.2) is 0 Å². The molecule has 0 bridgehead atoms. The lowest BCUT2D eigenvalue weighted by molar-refractivity contribution is 0.105. The fraction of sp³-hybridized carbons (Fsp3) is 0.571. The van der Waals surface area contributed by atoms with Gasteiger partial charge in [0.05, 0.1) is 12.7 Å². The van der Waals surface area contributed by atoms with Crippen molar-refractivity contribution < 1.29 is 10.2 Å². The maximum atomic E-state index is 9.23. The third-order valence-corrected chi connectivity index (χ3v) is 3.12. The van der Waals surface area contributed by atoms with Crippen molar-refractivity contribution in [2.75, 3.05) is 18.5 Å². The smallest absolute Gasteiger partial charge is 0.0942 e. The highest BCUT2D eigenvalue weighted by Crippen LogP contribution is 2.24. The van der Waals surface area contributed by atoms with E-state index in [2.05, 4.69) is 31.3 Å². The van der Waals surface area contributed by atoms with Gasteiger partial charge in [-0.3, -0.25) is 0 Å². The van der Waals surface area contributed by atoms with Crippen molar-refractivity contribution in [3.05, 3.63) is 29.8 Å². The molecule has 0 aromatic heterocycles. The van der Waals surface area contributed by atoms with E-state index in [4.69, 9.17) is 5.11 Å². The van der Waals surface area contributed by atoms with E-state index in [1.165, 1.54) is 5.56 Å². The molecule has 0 spiro atoms. The molecule has 0 aliphatic heterocycles. The van der Waals surface area contributed by atoms with Crippen molar-refractivity contribution >= 4 is 5.69 Å². The van der Waals surface area contributed by atoms with Crippen LogP contribution in [0.4, 0.5) is 5.69 Å². The summed E-state index contributed by atoms with van der Waals surface area (Å²) in [7, 11) is 0. The molecule has 1 aromatic carbocycles. The molecule has 0 aliphatic carbocycles. The second-order valence-electron chi connectivity index (χ2n) is 4.35. The summed E-state index contributed by atoms with van der Waals surface area (Å²) in [5, 5.41) is 21.0. The number of hydrogen-bond donors (Lipinski definition) is 3. The third kappa shape index (κ3) is 4.36. The largest absolute Gasteiger partial charge is 0.394 e. The summed E-state index contributed by atoms with van der Waals surface area (Å²) >= 11 is 0. The molecule has 96 valence electrons. The van der Waals surface area contributed by atoms with Crippen LogP contribution in [0.2, 0.25) is 0 Å². The third-order valence-electron chi connectivity index (χ3n) is 3.12. The lowest BCUT2D eigenvalue weighted by atomic mass is 9.94. The van der Waals surface area contributed by atoms with Gasteiger partial charge in [-0.1, -0.05) is 26.0 Å². The Bertz CT molecular complexity index is 307. The quantitative estimate of drug-likeness (QED) is 0.682. The van der Waals surface area contributed by atoms with Crippen LogP contribution in [-0.4, -0.2) is 29.5 Å². The normalized spacial score (nSPS) is 12.8. The maximum Gasteiger partial charge on any atom is 0.0942 e. The molecule has 3 nitrogen and oxygen atoms in total. The average Bonchev–Trinajstić information content (AvgIpc) is 2.38. The second kappa shape index (κ2) is 7.30. The number of hydrogen-bond acceptors (Lipinski definition) is 3. The molecule has 3 N–H and O–H groups in total. The SMILES string of the molecule is CCC(CC)c1ccc(NCC(O)CO)cc1. The Balaban J connectivity index is 2.55. The molecule has 0 saturated carbocycles. The summed E-state index contributed by atoms with van der Waals surface area (Å²) in [6.45, 7) is 4.58. The molecule has 1 aromatic rings. The van der Waals surface area contributed by atoms with Gasteiger partial charge in [-0.15, -0.1) is 0 Å². The maximum absolute atomic E-state index is 9.23. The summed E-state index contributed by atoms with van der Waals surface area (Å²) in [6.07, 6.45) is 1.62. The van der Waals surface area contributed by atoms with Gasteiger partial charge in [0, 0.05) is 12.2 Å². The van der Waals surface area contributed by atoms with Gasteiger partial charge in [0.15, 0.2) is 0 Å². The zero-order valence-electron chi connectivity index (χ0n) is 10.7. The first kappa shape index (κ1) is 14.0. The lowest BCUT2D eigenvalue weighted by Gasteiger charge is -2.14. The van der Waals surface area contributed by atoms with E-state index in [0.29, 0.717) is 12.5 Å². The predicted molar refractivity (Wildman–Crippen MR) is 71.3 cm³/mol. The fourth-order valence-electron chi connectivity index (χ4n) is 1.93. The van der Waals surface area contributed by atoms with Crippen LogP contribution in [0.3, 0.4) is 0 Å². The van der Waals surface area contributed by atoms with E-state index in [0.717, 1.165) is 18.5 Å². The Hall–Kier alpha value is -1.06. The van der Waals surface area contributed by atoms with Crippen LogP contribution < -0.4 is 5.32 Å². The number of anilines is 1. The van der Waals surface area contributed by atoms with Crippen molar-refractivity contribution in [2.45, 2.75) is 38.7 Å².